The molecule has 3 heteroatoms. The molecular formula is C17H26N2O. The standard InChI is InChI=1S/C17H26N2O/c1-14-7-8-15(13-14)18-9-11-19(12-10-18)16-5-3-4-6-17(16)20-2/h3-6,14-15H,7-13H2,1-2H3/t14-,15+/m1/s1. The lowest BCUT2D eigenvalue weighted by molar-refractivity contribution is 0.184. The Morgan fingerprint density at radius 3 is 2.45 bits per heavy atom. The fraction of sp³-hybridized carbons (Fsp3) is 0.647. The van der Waals surface area contributed by atoms with Gasteiger partial charge in [-0.25, -0.2) is 0 Å². The van der Waals surface area contributed by atoms with E-state index in [0.29, 0.717) is 0 Å². The van der Waals surface area contributed by atoms with E-state index < -0.39 is 0 Å². The minimum atomic E-state index is 0.838. The molecule has 3 nitrogen and oxygen atoms in total. The van der Waals surface area contributed by atoms with Gasteiger partial charge in [-0.2, -0.15) is 0 Å². The summed E-state index contributed by atoms with van der Waals surface area (Å²) in [6, 6.07) is 9.21. The zero-order valence-corrected chi connectivity index (χ0v) is 12.7. The second kappa shape index (κ2) is 6.04. The third-order valence-electron chi connectivity index (χ3n) is 4.92. The van der Waals surface area contributed by atoms with Crippen LogP contribution in [0.2, 0.25) is 0 Å². The molecule has 2 aliphatic rings. The predicted octanol–water partition coefficient (Wildman–Crippen LogP) is 3.01. The molecule has 2 fully saturated rings. The van der Waals surface area contributed by atoms with E-state index in [4.69, 9.17) is 4.74 Å². The van der Waals surface area contributed by atoms with Crippen molar-refractivity contribution in [2.45, 2.75) is 32.2 Å². The first kappa shape index (κ1) is 13.7. The maximum Gasteiger partial charge on any atom is 0.142 e. The van der Waals surface area contributed by atoms with Gasteiger partial charge in [0.15, 0.2) is 0 Å². The second-order valence-corrected chi connectivity index (χ2v) is 6.27. The molecule has 0 N–H and O–H groups in total. The first-order valence-corrected chi connectivity index (χ1v) is 7.90. The number of anilines is 1. The highest BCUT2D eigenvalue weighted by Crippen LogP contribution is 2.32. The lowest BCUT2D eigenvalue weighted by Gasteiger charge is -2.39. The molecule has 1 aliphatic heterocycles. The Labute approximate surface area is 122 Å². The third-order valence-corrected chi connectivity index (χ3v) is 4.92. The molecule has 0 spiro atoms. The van der Waals surface area contributed by atoms with Gasteiger partial charge in [-0.15, -0.1) is 0 Å². The number of hydrogen-bond acceptors (Lipinski definition) is 3. The molecule has 1 aliphatic carbocycles. The molecule has 1 aromatic rings. The molecule has 1 aromatic carbocycles. The Kier molecular flexibility index (Phi) is 4.16. The van der Waals surface area contributed by atoms with Crippen LogP contribution in [0.3, 0.4) is 0 Å². The number of rotatable bonds is 3. The lowest BCUT2D eigenvalue weighted by Crippen LogP contribution is -2.49. The number of methoxy groups -OCH3 is 1. The van der Waals surface area contributed by atoms with Crippen molar-refractivity contribution in [2.75, 3.05) is 38.2 Å². The van der Waals surface area contributed by atoms with Gasteiger partial charge in [0.25, 0.3) is 0 Å². The lowest BCUT2D eigenvalue weighted by atomic mass is 10.1. The van der Waals surface area contributed by atoms with E-state index in [2.05, 4.69) is 34.9 Å². The fourth-order valence-electron chi connectivity index (χ4n) is 3.73. The summed E-state index contributed by atoms with van der Waals surface area (Å²) in [6.45, 7) is 7.01. The molecule has 1 saturated heterocycles. The van der Waals surface area contributed by atoms with E-state index in [9.17, 15) is 0 Å². The third kappa shape index (κ3) is 2.78. The molecule has 0 radical (unpaired) electrons. The largest absolute Gasteiger partial charge is 0.495 e. The van der Waals surface area contributed by atoms with Gasteiger partial charge in [-0.05, 0) is 37.3 Å². The Hall–Kier alpha value is -1.22. The SMILES string of the molecule is COc1ccccc1N1CCN([C@H]2CC[C@@H](C)C2)CC1. The minimum absolute atomic E-state index is 0.838. The molecule has 0 bridgehead atoms. The normalized spacial score (nSPS) is 27.8. The maximum absolute atomic E-state index is 5.48. The predicted molar refractivity (Wildman–Crippen MR) is 83.6 cm³/mol. The van der Waals surface area contributed by atoms with Crippen LogP contribution in [-0.2, 0) is 0 Å². The highest BCUT2D eigenvalue weighted by molar-refractivity contribution is 5.58. The summed E-state index contributed by atoms with van der Waals surface area (Å²) in [5, 5.41) is 0. The summed E-state index contributed by atoms with van der Waals surface area (Å²) in [5.74, 6) is 1.92. The highest BCUT2D eigenvalue weighted by atomic mass is 16.5. The van der Waals surface area contributed by atoms with Crippen LogP contribution in [0.5, 0.6) is 5.75 Å². The van der Waals surface area contributed by atoms with Gasteiger partial charge in [-0.1, -0.05) is 19.1 Å². The van der Waals surface area contributed by atoms with E-state index in [1.165, 1.54) is 38.0 Å². The number of nitrogens with zero attached hydrogens (tertiary/aromatic N) is 2. The number of piperazine rings is 1. The van der Waals surface area contributed by atoms with Crippen LogP contribution in [0, 0.1) is 5.92 Å². The molecular weight excluding hydrogens is 248 g/mol. The van der Waals surface area contributed by atoms with Crippen molar-refractivity contribution < 1.29 is 4.74 Å². The maximum atomic E-state index is 5.48. The molecule has 1 saturated carbocycles. The Morgan fingerprint density at radius 2 is 1.80 bits per heavy atom. The van der Waals surface area contributed by atoms with E-state index in [0.717, 1.165) is 30.8 Å². The number of para-hydroxylation sites is 2. The van der Waals surface area contributed by atoms with Gasteiger partial charge in [0.05, 0.1) is 12.8 Å². The monoisotopic (exact) mass is 274 g/mol. The Balaban J connectivity index is 1.61. The molecule has 110 valence electrons. The van der Waals surface area contributed by atoms with Crippen molar-refractivity contribution in [1.29, 1.82) is 0 Å². The second-order valence-electron chi connectivity index (χ2n) is 6.27. The van der Waals surface area contributed by atoms with Gasteiger partial charge in [0.1, 0.15) is 5.75 Å². The van der Waals surface area contributed by atoms with Crippen molar-refractivity contribution in [3.63, 3.8) is 0 Å². The summed E-state index contributed by atoms with van der Waals surface area (Å²) in [4.78, 5) is 5.17. The summed E-state index contributed by atoms with van der Waals surface area (Å²) in [6.07, 6.45) is 4.21. The summed E-state index contributed by atoms with van der Waals surface area (Å²) in [7, 11) is 1.76. The van der Waals surface area contributed by atoms with Gasteiger partial charge in [-0.3, -0.25) is 4.90 Å². The first-order valence-electron chi connectivity index (χ1n) is 7.90. The van der Waals surface area contributed by atoms with Crippen LogP contribution in [0.15, 0.2) is 24.3 Å². The van der Waals surface area contributed by atoms with Crippen LogP contribution in [0.4, 0.5) is 5.69 Å². The quantitative estimate of drug-likeness (QED) is 0.842. The summed E-state index contributed by atoms with van der Waals surface area (Å²) < 4.78 is 5.48. The Morgan fingerprint density at radius 1 is 1.05 bits per heavy atom. The van der Waals surface area contributed by atoms with Crippen LogP contribution < -0.4 is 9.64 Å². The van der Waals surface area contributed by atoms with E-state index in [1.54, 1.807) is 7.11 Å². The zero-order valence-electron chi connectivity index (χ0n) is 12.7. The summed E-state index contributed by atoms with van der Waals surface area (Å²) >= 11 is 0. The molecule has 0 amide bonds. The van der Waals surface area contributed by atoms with Crippen LogP contribution >= 0.6 is 0 Å². The van der Waals surface area contributed by atoms with Gasteiger partial charge in [0.2, 0.25) is 0 Å². The number of benzene rings is 1. The smallest absolute Gasteiger partial charge is 0.142 e. The average Bonchev–Trinajstić information content (AvgIpc) is 2.94. The summed E-state index contributed by atoms with van der Waals surface area (Å²) in [5.41, 5.74) is 1.24. The van der Waals surface area contributed by atoms with Crippen molar-refractivity contribution in [3.8, 4) is 5.75 Å². The first-order chi connectivity index (χ1) is 9.78. The molecule has 0 unspecified atom stereocenters. The van der Waals surface area contributed by atoms with Crippen LogP contribution in [0.25, 0.3) is 0 Å². The van der Waals surface area contributed by atoms with Crippen molar-refractivity contribution in [3.05, 3.63) is 24.3 Å². The van der Waals surface area contributed by atoms with E-state index >= 15 is 0 Å². The van der Waals surface area contributed by atoms with Gasteiger partial charge >= 0.3 is 0 Å². The molecule has 20 heavy (non-hydrogen) atoms. The van der Waals surface area contributed by atoms with Crippen molar-refractivity contribution in [2.24, 2.45) is 5.92 Å². The van der Waals surface area contributed by atoms with Gasteiger partial charge in [0, 0.05) is 32.2 Å². The highest BCUT2D eigenvalue weighted by Gasteiger charge is 2.29. The Bertz CT molecular complexity index is 440. The molecule has 1 heterocycles. The van der Waals surface area contributed by atoms with Gasteiger partial charge < -0.3 is 9.64 Å². The number of ether oxygens (including phenoxy) is 1. The fourth-order valence-corrected chi connectivity index (χ4v) is 3.73. The zero-order chi connectivity index (χ0) is 13.9. The molecule has 0 aromatic heterocycles. The van der Waals surface area contributed by atoms with E-state index in [-0.39, 0.29) is 0 Å². The van der Waals surface area contributed by atoms with Crippen LogP contribution in [-0.4, -0.2) is 44.2 Å². The van der Waals surface area contributed by atoms with Crippen molar-refractivity contribution in [1.82, 2.24) is 4.90 Å². The number of hydrogen-bond donors (Lipinski definition) is 0. The van der Waals surface area contributed by atoms with Crippen LogP contribution in [0.1, 0.15) is 26.2 Å². The minimum Gasteiger partial charge on any atom is -0.495 e. The molecule has 3 rings (SSSR count). The topological polar surface area (TPSA) is 15.7 Å². The van der Waals surface area contributed by atoms with E-state index in [1.807, 2.05) is 6.07 Å². The average molecular weight is 274 g/mol. The van der Waals surface area contributed by atoms with Crippen molar-refractivity contribution >= 4 is 5.69 Å². The molecule has 2 atom stereocenters.